The molecule has 1 rings (SSSR count). The van der Waals surface area contributed by atoms with E-state index in [4.69, 9.17) is 23.2 Å². The van der Waals surface area contributed by atoms with Crippen LogP contribution >= 0.6 is 35.0 Å². The standard InChI is InChI=1S/C9H12Cl2N2S/c1-5(2)4-6-7(10)12-9(14-3)13-8(6)11/h5H,4H2,1-3H3. The summed E-state index contributed by atoms with van der Waals surface area (Å²) >= 11 is 13.5. The van der Waals surface area contributed by atoms with Gasteiger partial charge in [0.2, 0.25) is 0 Å². The molecular formula is C9H12Cl2N2S. The SMILES string of the molecule is CSc1nc(Cl)c(CC(C)C)c(Cl)n1. The van der Waals surface area contributed by atoms with Crippen molar-refractivity contribution in [1.29, 1.82) is 0 Å². The summed E-state index contributed by atoms with van der Waals surface area (Å²) in [6, 6.07) is 0. The first-order valence-corrected chi connectivity index (χ1v) is 6.28. The average Bonchev–Trinajstić information content (AvgIpc) is 2.10. The highest BCUT2D eigenvalue weighted by atomic mass is 35.5. The molecular weight excluding hydrogens is 239 g/mol. The largest absolute Gasteiger partial charge is 0.210 e. The first-order valence-electron chi connectivity index (χ1n) is 4.30. The molecule has 0 saturated heterocycles. The zero-order valence-corrected chi connectivity index (χ0v) is 10.7. The van der Waals surface area contributed by atoms with E-state index in [0.29, 0.717) is 21.4 Å². The molecule has 0 aromatic carbocycles. The predicted molar refractivity (Wildman–Crippen MR) is 62.4 cm³/mol. The summed E-state index contributed by atoms with van der Waals surface area (Å²) in [5.74, 6) is 0.494. The zero-order valence-electron chi connectivity index (χ0n) is 8.34. The van der Waals surface area contributed by atoms with Crippen molar-refractivity contribution in [1.82, 2.24) is 9.97 Å². The van der Waals surface area contributed by atoms with E-state index >= 15 is 0 Å². The maximum atomic E-state index is 6.01. The molecule has 0 saturated carbocycles. The van der Waals surface area contributed by atoms with Crippen LogP contribution < -0.4 is 0 Å². The van der Waals surface area contributed by atoms with Crippen LogP contribution in [-0.2, 0) is 6.42 Å². The minimum absolute atomic E-state index is 0.475. The molecule has 2 nitrogen and oxygen atoms in total. The van der Waals surface area contributed by atoms with Crippen LogP contribution in [0, 0.1) is 5.92 Å². The van der Waals surface area contributed by atoms with E-state index in [1.807, 2.05) is 6.26 Å². The van der Waals surface area contributed by atoms with Crippen LogP contribution in [0.5, 0.6) is 0 Å². The molecule has 14 heavy (non-hydrogen) atoms. The lowest BCUT2D eigenvalue weighted by Gasteiger charge is -2.08. The summed E-state index contributed by atoms with van der Waals surface area (Å²) in [4.78, 5) is 8.28. The summed E-state index contributed by atoms with van der Waals surface area (Å²) in [6.45, 7) is 4.21. The van der Waals surface area contributed by atoms with Gasteiger partial charge in [-0.25, -0.2) is 9.97 Å². The number of hydrogen-bond donors (Lipinski definition) is 0. The quantitative estimate of drug-likeness (QED) is 0.465. The van der Waals surface area contributed by atoms with Gasteiger partial charge in [-0.3, -0.25) is 0 Å². The van der Waals surface area contributed by atoms with Crippen LogP contribution in [0.25, 0.3) is 0 Å². The predicted octanol–water partition coefficient (Wildman–Crippen LogP) is 3.70. The van der Waals surface area contributed by atoms with Crippen molar-refractivity contribution in [3.63, 3.8) is 0 Å². The van der Waals surface area contributed by atoms with Crippen molar-refractivity contribution < 1.29 is 0 Å². The van der Waals surface area contributed by atoms with Gasteiger partial charge in [-0.2, -0.15) is 0 Å². The van der Waals surface area contributed by atoms with Crippen LogP contribution in [-0.4, -0.2) is 16.2 Å². The Bertz CT molecular complexity index is 306. The van der Waals surface area contributed by atoms with E-state index in [1.165, 1.54) is 11.8 Å². The molecule has 5 heteroatoms. The fourth-order valence-electron chi connectivity index (χ4n) is 1.08. The number of hydrogen-bond acceptors (Lipinski definition) is 3. The number of rotatable bonds is 3. The zero-order chi connectivity index (χ0) is 10.7. The molecule has 0 spiro atoms. The van der Waals surface area contributed by atoms with Gasteiger partial charge in [0.25, 0.3) is 0 Å². The first-order chi connectivity index (χ1) is 6.54. The first kappa shape index (κ1) is 12.1. The number of aromatic nitrogens is 2. The number of thioether (sulfide) groups is 1. The highest BCUT2D eigenvalue weighted by Gasteiger charge is 2.12. The molecule has 0 aliphatic carbocycles. The maximum Gasteiger partial charge on any atom is 0.190 e. The van der Waals surface area contributed by atoms with Crippen LogP contribution in [0.15, 0.2) is 5.16 Å². The summed E-state index contributed by atoms with van der Waals surface area (Å²) in [5.41, 5.74) is 0.848. The lowest BCUT2D eigenvalue weighted by atomic mass is 10.1. The van der Waals surface area contributed by atoms with E-state index in [0.717, 1.165) is 12.0 Å². The molecule has 0 aliphatic heterocycles. The van der Waals surface area contributed by atoms with Gasteiger partial charge in [0.05, 0.1) is 0 Å². The highest BCUT2D eigenvalue weighted by Crippen LogP contribution is 2.26. The van der Waals surface area contributed by atoms with E-state index in [2.05, 4.69) is 23.8 Å². The summed E-state index contributed by atoms with van der Waals surface area (Å²) < 4.78 is 0. The van der Waals surface area contributed by atoms with Gasteiger partial charge in [0, 0.05) is 5.56 Å². The van der Waals surface area contributed by atoms with Gasteiger partial charge in [-0.15, -0.1) is 0 Å². The summed E-state index contributed by atoms with van der Waals surface area (Å²) in [7, 11) is 0. The Hall–Kier alpha value is 0.01000. The van der Waals surface area contributed by atoms with Crippen molar-refractivity contribution in [2.45, 2.75) is 25.4 Å². The molecule has 78 valence electrons. The Balaban J connectivity index is 3.05. The van der Waals surface area contributed by atoms with Crippen LogP contribution in [0.1, 0.15) is 19.4 Å². The molecule has 0 amide bonds. The van der Waals surface area contributed by atoms with E-state index in [9.17, 15) is 0 Å². The third-order valence-electron chi connectivity index (χ3n) is 1.68. The third-order valence-corrected chi connectivity index (χ3v) is 2.85. The van der Waals surface area contributed by atoms with Gasteiger partial charge in [-0.05, 0) is 18.6 Å². The number of halogens is 2. The Morgan fingerprint density at radius 1 is 1.21 bits per heavy atom. The van der Waals surface area contributed by atoms with Gasteiger partial charge < -0.3 is 0 Å². The lowest BCUT2D eigenvalue weighted by Crippen LogP contribution is -2.00. The molecule has 0 bridgehead atoms. The van der Waals surface area contributed by atoms with Crippen molar-refractivity contribution in [3.05, 3.63) is 15.9 Å². The summed E-state index contributed by atoms with van der Waals surface area (Å²) in [6.07, 6.45) is 2.70. The van der Waals surface area contributed by atoms with Crippen molar-refractivity contribution in [2.24, 2.45) is 5.92 Å². The van der Waals surface area contributed by atoms with Crippen molar-refractivity contribution in [2.75, 3.05) is 6.26 Å². The molecule has 0 fully saturated rings. The smallest absolute Gasteiger partial charge is 0.190 e. The van der Waals surface area contributed by atoms with Gasteiger partial charge in [-0.1, -0.05) is 48.8 Å². The minimum Gasteiger partial charge on any atom is -0.210 e. The molecule has 1 heterocycles. The second kappa shape index (κ2) is 5.19. The monoisotopic (exact) mass is 250 g/mol. The van der Waals surface area contributed by atoms with Crippen LogP contribution in [0.2, 0.25) is 10.3 Å². The molecule has 1 aromatic rings. The fraction of sp³-hybridized carbons (Fsp3) is 0.556. The average molecular weight is 251 g/mol. The third kappa shape index (κ3) is 3.01. The second-order valence-electron chi connectivity index (χ2n) is 3.37. The molecule has 0 unspecified atom stereocenters. The second-order valence-corrected chi connectivity index (χ2v) is 4.86. The van der Waals surface area contributed by atoms with Gasteiger partial charge in [0.15, 0.2) is 5.16 Å². The Morgan fingerprint density at radius 3 is 2.07 bits per heavy atom. The maximum absolute atomic E-state index is 6.01. The summed E-state index contributed by atoms with van der Waals surface area (Å²) in [5, 5.41) is 1.57. The lowest BCUT2D eigenvalue weighted by molar-refractivity contribution is 0.641. The molecule has 0 N–H and O–H groups in total. The minimum atomic E-state index is 0.475. The van der Waals surface area contributed by atoms with Gasteiger partial charge in [0.1, 0.15) is 10.3 Å². The van der Waals surface area contributed by atoms with Crippen LogP contribution in [0.4, 0.5) is 0 Å². The van der Waals surface area contributed by atoms with E-state index in [1.54, 1.807) is 0 Å². The Morgan fingerprint density at radius 2 is 1.71 bits per heavy atom. The van der Waals surface area contributed by atoms with Crippen LogP contribution in [0.3, 0.4) is 0 Å². The van der Waals surface area contributed by atoms with E-state index < -0.39 is 0 Å². The Kier molecular flexibility index (Phi) is 4.48. The van der Waals surface area contributed by atoms with Crippen molar-refractivity contribution in [3.8, 4) is 0 Å². The fourth-order valence-corrected chi connectivity index (χ4v) is 2.09. The Labute approximate surface area is 98.4 Å². The molecule has 0 atom stereocenters. The van der Waals surface area contributed by atoms with Gasteiger partial charge >= 0.3 is 0 Å². The normalized spacial score (nSPS) is 11.0. The molecule has 1 aromatic heterocycles. The van der Waals surface area contributed by atoms with E-state index in [-0.39, 0.29) is 0 Å². The van der Waals surface area contributed by atoms with Crippen molar-refractivity contribution >= 4 is 35.0 Å². The number of nitrogens with zero attached hydrogens (tertiary/aromatic N) is 2. The topological polar surface area (TPSA) is 25.8 Å². The molecule has 0 radical (unpaired) electrons. The molecule has 0 aliphatic rings. The highest BCUT2D eigenvalue weighted by molar-refractivity contribution is 7.98.